The van der Waals surface area contributed by atoms with E-state index in [0.717, 1.165) is 43.6 Å². The summed E-state index contributed by atoms with van der Waals surface area (Å²) >= 11 is 0. The van der Waals surface area contributed by atoms with E-state index >= 15 is 0 Å². The van der Waals surface area contributed by atoms with Crippen molar-refractivity contribution in [1.82, 2.24) is 9.97 Å². The second-order valence-corrected chi connectivity index (χ2v) is 7.29. The SMILES string of the molecule is Nc1nc2c(c(N3CC4CC4C3)n1)CCCC2c1ccccc1. The van der Waals surface area contributed by atoms with Crippen LogP contribution in [0.5, 0.6) is 0 Å². The highest BCUT2D eigenvalue weighted by Crippen LogP contribution is 2.48. The number of anilines is 2. The third-order valence-corrected chi connectivity index (χ3v) is 5.76. The first-order valence-corrected chi connectivity index (χ1v) is 8.76. The molecule has 3 unspecified atom stereocenters. The summed E-state index contributed by atoms with van der Waals surface area (Å²) < 4.78 is 0. The highest BCUT2D eigenvalue weighted by Gasteiger charge is 2.46. The molecule has 0 bridgehead atoms. The number of fused-ring (bicyclic) bond motifs is 2. The van der Waals surface area contributed by atoms with Gasteiger partial charge in [0.25, 0.3) is 0 Å². The molecule has 4 nitrogen and oxygen atoms in total. The molecule has 1 aromatic heterocycles. The molecule has 1 aliphatic heterocycles. The quantitative estimate of drug-likeness (QED) is 0.927. The Kier molecular flexibility index (Phi) is 2.87. The smallest absolute Gasteiger partial charge is 0.222 e. The van der Waals surface area contributed by atoms with E-state index < -0.39 is 0 Å². The van der Waals surface area contributed by atoms with E-state index in [2.05, 4.69) is 45.2 Å². The largest absolute Gasteiger partial charge is 0.368 e. The highest BCUT2D eigenvalue weighted by molar-refractivity contribution is 5.56. The van der Waals surface area contributed by atoms with Crippen LogP contribution in [0, 0.1) is 11.8 Å². The van der Waals surface area contributed by atoms with Crippen molar-refractivity contribution in [2.24, 2.45) is 11.8 Å². The Balaban J connectivity index is 1.59. The van der Waals surface area contributed by atoms with Gasteiger partial charge < -0.3 is 10.6 Å². The molecule has 0 amide bonds. The van der Waals surface area contributed by atoms with Gasteiger partial charge in [-0.1, -0.05) is 30.3 Å². The fourth-order valence-corrected chi connectivity index (χ4v) is 4.50. The van der Waals surface area contributed by atoms with E-state index in [-0.39, 0.29) is 0 Å². The van der Waals surface area contributed by atoms with Crippen LogP contribution >= 0.6 is 0 Å². The molecule has 2 fully saturated rings. The molecule has 1 aromatic carbocycles. The predicted octanol–water partition coefficient (Wildman–Crippen LogP) is 2.98. The van der Waals surface area contributed by atoms with E-state index in [9.17, 15) is 0 Å². The van der Waals surface area contributed by atoms with Crippen molar-refractivity contribution in [2.75, 3.05) is 23.7 Å². The molecule has 23 heavy (non-hydrogen) atoms. The number of hydrogen-bond acceptors (Lipinski definition) is 4. The zero-order chi connectivity index (χ0) is 15.4. The normalized spacial score (nSPS) is 28.3. The summed E-state index contributed by atoms with van der Waals surface area (Å²) in [5, 5.41) is 0. The highest BCUT2D eigenvalue weighted by atomic mass is 15.2. The lowest BCUT2D eigenvalue weighted by Crippen LogP contribution is -2.27. The van der Waals surface area contributed by atoms with Crippen LogP contribution in [0.3, 0.4) is 0 Å². The van der Waals surface area contributed by atoms with Crippen molar-refractivity contribution in [2.45, 2.75) is 31.6 Å². The maximum absolute atomic E-state index is 6.09. The van der Waals surface area contributed by atoms with E-state index in [1.807, 2.05) is 0 Å². The molecular weight excluding hydrogens is 284 g/mol. The summed E-state index contributed by atoms with van der Waals surface area (Å²) in [6.07, 6.45) is 4.84. The number of nitrogen functional groups attached to an aromatic ring is 1. The number of piperidine rings is 1. The molecule has 3 atom stereocenters. The van der Waals surface area contributed by atoms with Crippen molar-refractivity contribution in [1.29, 1.82) is 0 Å². The Hall–Kier alpha value is -2.10. The number of rotatable bonds is 2. The van der Waals surface area contributed by atoms with Crippen LogP contribution in [0.15, 0.2) is 30.3 Å². The van der Waals surface area contributed by atoms with Gasteiger partial charge in [0.2, 0.25) is 5.95 Å². The van der Waals surface area contributed by atoms with E-state index in [0.29, 0.717) is 11.9 Å². The zero-order valence-electron chi connectivity index (χ0n) is 13.3. The predicted molar refractivity (Wildman–Crippen MR) is 91.5 cm³/mol. The van der Waals surface area contributed by atoms with Crippen LogP contribution < -0.4 is 10.6 Å². The summed E-state index contributed by atoms with van der Waals surface area (Å²) in [6.45, 7) is 2.31. The molecule has 2 N–H and O–H groups in total. The average molecular weight is 306 g/mol. The Morgan fingerprint density at radius 2 is 1.83 bits per heavy atom. The molecule has 1 saturated carbocycles. The molecule has 2 aliphatic carbocycles. The van der Waals surface area contributed by atoms with Crippen molar-refractivity contribution in [3.63, 3.8) is 0 Å². The van der Waals surface area contributed by atoms with Crippen LogP contribution in [0.25, 0.3) is 0 Å². The first kappa shape index (κ1) is 13.3. The summed E-state index contributed by atoms with van der Waals surface area (Å²) in [6, 6.07) is 10.7. The second-order valence-electron chi connectivity index (χ2n) is 7.29. The Morgan fingerprint density at radius 3 is 2.61 bits per heavy atom. The maximum Gasteiger partial charge on any atom is 0.222 e. The van der Waals surface area contributed by atoms with Crippen LogP contribution in [0.2, 0.25) is 0 Å². The number of nitrogens with zero attached hydrogens (tertiary/aromatic N) is 3. The van der Waals surface area contributed by atoms with Gasteiger partial charge in [-0.25, -0.2) is 4.98 Å². The van der Waals surface area contributed by atoms with Gasteiger partial charge in [0.15, 0.2) is 0 Å². The summed E-state index contributed by atoms with van der Waals surface area (Å²) in [4.78, 5) is 11.8. The van der Waals surface area contributed by atoms with Gasteiger partial charge >= 0.3 is 0 Å². The number of benzene rings is 1. The molecule has 5 rings (SSSR count). The van der Waals surface area contributed by atoms with Gasteiger partial charge in [0.05, 0.1) is 5.69 Å². The standard InChI is InChI=1S/C19H22N4/c20-19-21-17-15(12-5-2-1-3-6-12)7-4-8-16(17)18(22-19)23-10-13-9-14(13)11-23/h1-3,5-6,13-15H,4,7-11H2,(H2,20,21,22). The van der Waals surface area contributed by atoms with Crippen molar-refractivity contribution in [3.8, 4) is 0 Å². The van der Waals surface area contributed by atoms with Crippen LogP contribution in [-0.4, -0.2) is 23.1 Å². The van der Waals surface area contributed by atoms with E-state index in [1.54, 1.807) is 0 Å². The van der Waals surface area contributed by atoms with Crippen molar-refractivity contribution in [3.05, 3.63) is 47.2 Å². The lowest BCUT2D eigenvalue weighted by molar-refractivity contribution is 0.593. The third kappa shape index (κ3) is 2.19. The van der Waals surface area contributed by atoms with Gasteiger partial charge in [0, 0.05) is 24.6 Å². The Labute approximate surface area is 136 Å². The number of nitrogens with two attached hydrogens (primary N) is 1. The zero-order valence-corrected chi connectivity index (χ0v) is 13.3. The first-order chi connectivity index (χ1) is 11.3. The monoisotopic (exact) mass is 306 g/mol. The van der Waals surface area contributed by atoms with Gasteiger partial charge in [-0.2, -0.15) is 4.98 Å². The molecule has 0 radical (unpaired) electrons. The minimum atomic E-state index is 0.362. The van der Waals surface area contributed by atoms with Crippen LogP contribution in [0.1, 0.15) is 42.0 Å². The summed E-state index contributed by atoms with van der Waals surface area (Å²) in [5.74, 6) is 3.72. The van der Waals surface area contributed by atoms with Gasteiger partial charge in [-0.15, -0.1) is 0 Å². The lowest BCUT2D eigenvalue weighted by Gasteiger charge is -2.30. The average Bonchev–Trinajstić information content (AvgIpc) is 3.20. The molecule has 0 spiro atoms. The second kappa shape index (κ2) is 4.95. The molecule has 2 heterocycles. The molecule has 3 aliphatic rings. The topological polar surface area (TPSA) is 55.0 Å². The Morgan fingerprint density at radius 1 is 1.04 bits per heavy atom. The van der Waals surface area contributed by atoms with E-state index in [4.69, 9.17) is 5.73 Å². The van der Waals surface area contributed by atoms with Gasteiger partial charge in [-0.05, 0) is 43.1 Å². The maximum atomic E-state index is 6.09. The molecule has 1 saturated heterocycles. The minimum absolute atomic E-state index is 0.362. The summed E-state index contributed by atoms with van der Waals surface area (Å²) in [5.41, 5.74) is 9.96. The van der Waals surface area contributed by atoms with Crippen LogP contribution in [0.4, 0.5) is 11.8 Å². The van der Waals surface area contributed by atoms with Crippen LogP contribution in [-0.2, 0) is 6.42 Å². The molecule has 2 aromatic rings. The van der Waals surface area contributed by atoms with Gasteiger partial charge in [-0.3, -0.25) is 0 Å². The Bertz CT molecular complexity index is 733. The van der Waals surface area contributed by atoms with Gasteiger partial charge in [0.1, 0.15) is 5.82 Å². The fourth-order valence-electron chi connectivity index (χ4n) is 4.50. The van der Waals surface area contributed by atoms with E-state index in [1.165, 1.54) is 29.7 Å². The number of hydrogen-bond donors (Lipinski definition) is 1. The first-order valence-electron chi connectivity index (χ1n) is 8.76. The van der Waals surface area contributed by atoms with Crippen molar-refractivity contribution < 1.29 is 0 Å². The molecule has 4 heteroatoms. The summed E-state index contributed by atoms with van der Waals surface area (Å²) in [7, 11) is 0. The minimum Gasteiger partial charge on any atom is -0.368 e. The molecular formula is C19H22N4. The van der Waals surface area contributed by atoms with Crippen molar-refractivity contribution >= 4 is 11.8 Å². The third-order valence-electron chi connectivity index (χ3n) is 5.76. The number of aromatic nitrogens is 2. The lowest BCUT2D eigenvalue weighted by atomic mass is 9.82. The molecule has 118 valence electrons. The fraction of sp³-hybridized carbons (Fsp3) is 0.474.